The van der Waals surface area contributed by atoms with Crippen LogP contribution in [0.15, 0.2) is 30.5 Å². The van der Waals surface area contributed by atoms with Gasteiger partial charge in [-0.15, -0.1) is 0 Å². The Morgan fingerprint density at radius 1 is 1.08 bits per heavy atom. The van der Waals surface area contributed by atoms with Crippen molar-refractivity contribution in [1.82, 2.24) is 19.6 Å². The number of aromatic nitrogens is 4. The minimum absolute atomic E-state index is 0.124. The molecule has 0 saturated heterocycles. The highest BCUT2D eigenvalue weighted by Gasteiger charge is 2.53. The van der Waals surface area contributed by atoms with Gasteiger partial charge in [0, 0.05) is 0 Å². The first-order chi connectivity index (χ1) is 17.2. The topological polar surface area (TPSA) is 108 Å². The highest BCUT2D eigenvalue weighted by Crippen LogP contribution is 2.58. The third-order valence-electron chi connectivity index (χ3n) is 8.80. The second kappa shape index (κ2) is 8.28. The lowest BCUT2D eigenvalue weighted by molar-refractivity contribution is -0.385. The molecule has 4 aliphatic rings. The molecule has 9 heteroatoms. The number of carbonyl (C=O) groups is 1. The standard InChI is InChI=1S/C27H32N6O3/c1-16-6-4-5-7-22(16)14-31-18(3)24(17(2)29-31)28-26(34)25-23(33(35)36)15-32(30-25)27-11-19-8-20(12-27)10-21(9-19)13-27/h4-7,15,19-21H,8-14H2,1-3H3,(H,28,34). The zero-order valence-electron chi connectivity index (χ0n) is 21.0. The quantitative estimate of drug-likeness (QED) is 0.382. The van der Waals surface area contributed by atoms with Crippen molar-refractivity contribution in [2.24, 2.45) is 17.8 Å². The van der Waals surface area contributed by atoms with Crippen molar-refractivity contribution >= 4 is 17.3 Å². The van der Waals surface area contributed by atoms with Crippen LogP contribution in [0.1, 0.15) is 71.5 Å². The van der Waals surface area contributed by atoms with Crippen LogP contribution < -0.4 is 5.32 Å². The summed E-state index contributed by atoms with van der Waals surface area (Å²) < 4.78 is 3.64. The van der Waals surface area contributed by atoms with Crippen molar-refractivity contribution in [2.75, 3.05) is 5.32 Å². The smallest absolute Gasteiger partial charge is 0.317 e. The third-order valence-corrected chi connectivity index (χ3v) is 8.80. The van der Waals surface area contributed by atoms with Crippen LogP contribution in [0.5, 0.6) is 0 Å². The van der Waals surface area contributed by atoms with Crippen molar-refractivity contribution in [3.63, 3.8) is 0 Å². The van der Waals surface area contributed by atoms with Gasteiger partial charge < -0.3 is 5.32 Å². The van der Waals surface area contributed by atoms with Gasteiger partial charge in [-0.25, -0.2) is 0 Å². The molecule has 4 aliphatic carbocycles. The predicted octanol–water partition coefficient (Wildman–Crippen LogP) is 5.14. The highest BCUT2D eigenvalue weighted by molar-refractivity contribution is 6.06. The first kappa shape index (κ1) is 22.9. The zero-order valence-corrected chi connectivity index (χ0v) is 21.0. The Balaban J connectivity index is 1.29. The largest absolute Gasteiger partial charge is 0.320 e. The Bertz CT molecular complexity index is 1330. The summed E-state index contributed by atoms with van der Waals surface area (Å²) in [6.45, 7) is 6.37. The van der Waals surface area contributed by atoms with E-state index in [0.717, 1.165) is 30.5 Å². The molecule has 0 unspecified atom stereocenters. The molecule has 2 aromatic heterocycles. The lowest BCUT2D eigenvalue weighted by Gasteiger charge is -2.56. The van der Waals surface area contributed by atoms with Gasteiger partial charge in [0.15, 0.2) is 0 Å². The lowest BCUT2D eigenvalue weighted by Crippen LogP contribution is -2.52. The Kier molecular flexibility index (Phi) is 5.28. The predicted molar refractivity (Wildman–Crippen MR) is 135 cm³/mol. The summed E-state index contributed by atoms with van der Waals surface area (Å²) in [5, 5.41) is 24.1. The molecule has 0 aliphatic heterocycles. The summed E-state index contributed by atoms with van der Waals surface area (Å²) in [7, 11) is 0. The Morgan fingerprint density at radius 3 is 2.33 bits per heavy atom. The fraction of sp³-hybridized carbons (Fsp3) is 0.519. The van der Waals surface area contributed by atoms with Crippen LogP contribution in [0.2, 0.25) is 0 Å². The molecule has 0 radical (unpaired) electrons. The van der Waals surface area contributed by atoms with Crippen LogP contribution in [0, 0.1) is 48.6 Å². The van der Waals surface area contributed by atoms with Gasteiger partial charge in [-0.2, -0.15) is 10.2 Å². The van der Waals surface area contributed by atoms with E-state index in [1.807, 2.05) is 30.7 Å². The fourth-order valence-corrected chi connectivity index (χ4v) is 7.40. The van der Waals surface area contributed by atoms with Crippen molar-refractivity contribution in [3.05, 3.63) is 68.8 Å². The SMILES string of the molecule is Cc1ccccc1Cn1nc(C)c(NC(=O)c2nn(C34CC5CC(CC(C5)C3)C4)cc2[N+](=O)[O-])c1C. The Labute approximate surface area is 210 Å². The van der Waals surface area contributed by atoms with Gasteiger partial charge in [-0.3, -0.25) is 24.3 Å². The van der Waals surface area contributed by atoms with Gasteiger partial charge in [-0.1, -0.05) is 24.3 Å². The summed E-state index contributed by atoms with van der Waals surface area (Å²) in [6.07, 6.45) is 8.31. The van der Waals surface area contributed by atoms with Crippen molar-refractivity contribution in [2.45, 2.75) is 71.4 Å². The molecule has 9 nitrogen and oxygen atoms in total. The van der Waals surface area contributed by atoms with E-state index < -0.39 is 10.8 Å². The van der Waals surface area contributed by atoms with E-state index in [-0.39, 0.29) is 16.9 Å². The normalized spacial score (nSPS) is 26.4. The number of hydrogen-bond donors (Lipinski definition) is 1. The minimum Gasteiger partial charge on any atom is -0.317 e. The van der Waals surface area contributed by atoms with Crippen LogP contribution in [0.25, 0.3) is 0 Å². The summed E-state index contributed by atoms with van der Waals surface area (Å²) in [5.74, 6) is 1.44. The number of nitrogens with one attached hydrogen (secondary N) is 1. The first-order valence-corrected chi connectivity index (χ1v) is 12.9. The molecule has 3 aromatic rings. The number of benzene rings is 1. The molecule has 0 atom stereocenters. The van der Waals surface area contributed by atoms with E-state index in [1.54, 1.807) is 4.68 Å². The van der Waals surface area contributed by atoms with Crippen molar-refractivity contribution < 1.29 is 9.72 Å². The molecule has 1 N–H and O–H groups in total. The molecule has 1 aromatic carbocycles. The monoisotopic (exact) mass is 488 g/mol. The van der Waals surface area contributed by atoms with Crippen LogP contribution in [-0.2, 0) is 12.1 Å². The fourth-order valence-electron chi connectivity index (χ4n) is 7.40. The maximum Gasteiger partial charge on any atom is 0.320 e. The van der Waals surface area contributed by atoms with Crippen LogP contribution >= 0.6 is 0 Å². The van der Waals surface area contributed by atoms with E-state index in [4.69, 9.17) is 0 Å². The average molecular weight is 489 g/mol. The maximum absolute atomic E-state index is 13.4. The molecule has 188 valence electrons. The second-order valence-electron chi connectivity index (χ2n) is 11.3. The lowest BCUT2D eigenvalue weighted by atomic mass is 9.53. The number of nitrogens with zero attached hydrogens (tertiary/aromatic N) is 5. The van der Waals surface area contributed by atoms with Crippen molar-refractivity contribution in [1.29, 1.82) is 0 Å². The van der Waals surface area contributed by atoms with Gasteiger partial charge in [0.1, 0.15) is 6.20 Å². The molecule has 1 amide bonds. The van der Waals surface area contributed by atoms with E-state index in [2.05, 4.69) is 34.6 Å². The molecule has 7 rings (SSSR count). The minimum atomic E-state index is -0.563. The number of amides is 1. The average Bonchev–Trinajstić information content (AvgIpc) is 3.38. The zero-order chi connectivity index (χ0) is 25.2. The molecule has 2 heterocycles. The number of carbonyl (C=O) groups excluding carboxylic acids is 1. The number of aryl methyl sites for hydroxylation is 2. The van der Waals surface area contributed by atoms with E-state index >= 15 is 0 Å². The second-order valence-corrected chi connectivity index (χ2v) is 11.3. The molecule has 4 bridgehead atoms. The molecular weight excluding hydrogens is 456 g/mol. The summed E-state index contributed by atoms with van der Waals surface area (Å²) >= 11 is 0. The van der Waals surface area contributed by atoms with Crippen molar-refractivity contribution in [3.8, 4) is 0 Å². The molecular formula is C27H32N6O3. The number of rotatable bonds is 6. The summed E-state index contributed by atoms with van der Waals surface area (Å²) in [6, 6.07) is 8.12. The van der Waals surface area contributed by atoms with Crippen LogP contribution in [0.4, 0.5) is 11.4 Å². The van der Waals surface area contributed by atoms with Gasteiger partial charge in [0.25, 0.3) is 5.91 Å². The summed E-state index contributed by atoms with van der Waals surface area (Å²) in [5.41, 5.74) is 3.80. The van der Waals surface area contributed by atoms with E-state index in [9.17, 15) is 14.9 Å². The van der Waals surface area contributed by atoms with Crippen LogP contribution in [0.3, 0.4) is 0 Å². The van der Waals surface area contributed by atoms with Gasteiger partial charge >= 0.3 is 5.69 Å². The Morgan fingerprint density at radius 2 is 1.72 bits per heavy atom. The molecule has 0 spiro atoms. The molecule has 4 saturated carbocycles. The van der Waals surface area contributed by atoms with Gasteiger partial charge in [0.2, 0.25) is 5.69 Å². The summed E-state index contributed by atoms with van der Waals surface area (Å²) in [4.78, 5) is 24.8. The first-order valence-electron chi connectivity index (χ1n) is 12.9. The number of nitro groups is 1. The molecule has 4 fully saturated rings. The number of hydrogen-bond acceptors (Lipinski definition) is 5. The van der Waals surface area contributed by atoms with Gasteiger partial charge in [-0.05, 0) is 88.2 Å². The molecule has 36 heavy (non-hydrogen) atoms. The maximum atomic E-state index is 13.4. The van der Waals surface area contributed by atoms with E-state index in [0.29, 0.717) is 35.7 Å². The third kappa shape index (κ3) is 3.72. The highest BCUT2D eigenvalue weighted by atomic mass is 16.6. The van der Waals surface area contributed by atoms with Crippen LogP contribution in [-0.4, -0.2) is 30.4 Å². The van der Waals surface area contributed by atoms with Gasteiger partial charge in [0.05, 0.1) is 34.1 Å². The number of anilines is 1. The van der Waals surface area contributed by atoms with E-state index in [1.165, 1.54) is 31.0 Å². The Hall–Kier alpha value is -3.49.